The van der Waals surface area contributed by atoms with Gasteiger partial charge < -0.3 is 4.98 Å². The van der Waals surface area contributed by atoms with Crippen LogP contribution < -0.4 is 4.90 Å². The number of benzene rings is 3. The predicted octanol–water partition coefficient (Wildman–Crippen LogP) is 5.44. The molecule has 1 atom stereocenters. The largest absolute Gasteiger partial charge is 0.361 e. The minimum Gasteiger partial charge on any atom is -0.361 e. The van der Waals surface area contributed by atoms with Crippen LogP contribution in [0.25, 0.3) is 10.9 Å². The number of H-pyrrole nitrogens is 1. The molecule has 1 aromatic heterocycles. The van der Waals surface area contributed by atoms with Crippen LogP contribution in [0.1, 0.15) is 38.7 Å². The van der Waals surface area contributed by atoms with Crippen molar-refractivity contribution in [2.75, 3.05) is 4.90 Å². The van der Waals surface area contributed by atoms with E-state index < -0.39 is 4.92 Å². The molecule has 0 bridgehead atoms. The first kappa shape index (κ1) is 18.1. The van der Waals surface area contributed by atoms with Crippen molar-refractivity contribution in [1.29, 1.82) is 0 Å². The number of non-ortho nitro benzene ring substituents is 1. The lowest BCUT2D eigenvalue weighted by atomic mass is 9.97. The lowest BCUT2D eigenvalue weighted by Crippen LogP contribution is -2.28. The number of aromatic nitrogens is 1. The normalized spacial score (nSPS) is 15.6. The van der Waals surface area contributed by atoms with Crippen molar-refractivity contribution < 1.29 is 9.72 Å². The Morgan fingerprint density at radius 3 is 2.43 bits per heavy atom. The molecule has 6 heteroatoms. The van der Waals surface area contributed by atoms with Gasteiger partial charge >= 0.3 is 0 Å². The van der Waals surface area contributed by atoms with Gasteiger partial charge in [-0.1, -0.05) is 24.3 Å². The number of nitrogens with zero attached hydrogens (tertiary/aromatic N) is 2. The quantitative estimate of drug-likeness (QED) is 0.369. The monoisotopic (exact) mass is 397 g/mol. The van der Waals surface area contributed by atoms with Gasteiger partial charge in [-0.25, -0.2) is 0 Å². The Balaban J connectivity index is 1.77. The molecule has 0 saturated carbocycles. The maximum absolute atomic E-state index is 13.4. The first-order valence-corrected chi connectivity index (χ1v) is 9.70. The number of aromatic amines is 1. The predicted molar refractivity (Wildman–Crippen MR) is 116 cm³/mol. The van der Waals surface area contributed by atoms with Crippen LogP contribution in [0.3, 0.4) is 0 Å². The molecule has 1 unspecified atom stereocenters. The highest BCUT2D eigenvalue weighted by Crippen LogP contribution is 2.44. The first-order valence-electron chi connectivity index (χ1n) is 9.70. The molecule has 1 aliphatic rings. The highest BCUT2D eigenvalue weighted by molar-refractivity contribution is 6.12. The van der Waals surface area contributed by atoms with Crippen LogP contribution in [0.15, 0.2) is 66.9 Å². The summed E-state index contributed by atoms with van der Waals surface area (Å²) < 4.78 is 0. The average molecular weight is 397 g/mol. The molecule has 5 rings (SSSR count). The number of hydrogen-bond acceptors (Lipinski definition) is 3. The highest BCUT2D eigenvalue weighted by atomic mass is 16.6. The second-order valence-corrected chi connectivity index (χ2v) is 7.74. The molecule has 0 spiro atoms. The van der Waals surface area contributed by atoms with Gasteiger partial charge in [-0.15, -0.1) is 0 Å². The molecule has 1 amide bonds. The Bertz CT molecular complexity index is 1320. The number of aryl methyl sites for hydroxylation is 2. The minimum atomic E-state index is -0.397. The Morgan fingerprint density at radius 1 is 0.967 bits per heavy atom. The maximum atomic E-state index is 13.4. The van der Waals surface area contributed by atoms with E-state index in [1.807, 2.05) is 56.4 Å². The lowest BCUT2D eigenvalue weighted by Gasteiger charge is -2.26. The van der Waals surface area contributed by atoms with Crippen LogP contribution in [0.5, 0.6) is 0 Å². The molecule has 1 aliphatic heterocycles. The molecule has 30 heavy (non-hydrogen) atoms. The van der Waals surface area contributed by atoms with Gasteiger partial charge in [0.2, 0.25) is 0 Å². The van der Waals surface area contributed by atoms with E-state index in [2.05, 4.69) is 11.1 Å². The second kappa shape index (κ2) is 6.56. The second-order valence-electron chi connectivity index (χ2n) is 7.74. The van der Waals surface area contributed by atoms with Crippen molar-refractivity contribution >= 4 is 28.2 Å². The third-order valence-electron chi connectivity index (χ3n) is 5.65. The van der Waals surface area contributed by atoms with Gasteiger partial charge in [0.25, 0.3) is 11.6 Å². The summed E-state index contributed by atoms with van der Waals surface area (Å²) in [4.78, 5) is 29.4. The molecular formula is C24H19N3O3. The lowest BCUT2D eigenvalue weighted by molar-refractivity contribution is -0.384. The smallest absolute Gasteiger partial charge is 0.270 e. The fourth-order valence-corrected chi connectivity index (χ4v) is 4.45. The van der Waals surface area contributed by atoms with E-state index in [-0.39, 0.29) is 17.6 Å². The van der Waals surface area contributed by atoms with E-state index in [4.69, 9.17) is 0 Å². The van der Waals surface area contributed by atoms with Crippen LogP contribution in [0.4, 0.5) is 11.4 Å². The summed E-state index contributed by atoms with van der Waals surface area (Å²) in [5.41, 5.74) is 6.18. The standard InChI is InChI=1S/C24H19N3O3/c1-14-9-15(2)11-17(10-14)26-23(18-5-3-4-6-19(18)24(26)28)21-13-25-22-8-7-16(27(29)30)12-20(21)22/h3-13,23,25H,1-2H3. The van der Waals surface area contributed by atoms with Gasteiger partial charge in [0.15, 0.2) is 0 Å². The summed E-state index contributed by atoms with van der Waals surface area (Å²) in [7, 11) is 0. The highest BCUT2D eigenvalue weighted by Gasteiger charge is 2.39. The van der Waals surface area contributed by atoms with Gasteiger partial charge in [-0.3, -0.25) is 19.8 Å². The van der Waals surface area contributed by atoms with Crippen LogP contribution in [-0.4, -0.2) is 15.8 Å². The van der Waals surface area contributed by atoms with Gasteiger partial charge in [-0.05, 0) is 54.8 Å². The van der Waals surface area contributed by atoms with Gasteiger partial charge in [0, 0.05) is 46.0 Å². The molecule has 2 heterocycles. The number of nitro benzene ring substituents is 1. The van der Waals surface area contributed by atoms with Gasteiger partial charge in [0.1, 0.15) is 0 Å². The third kappa shape index (κ3) is 2.69. The SMILES string of the molecule is Cc1cc(C)cc(N2C(=O)c3ccccc3C2c2c[nH]c3ccc([N+](=O)[O-])cc23)c1. The van der Waals surface area contributed by atoms with Crippen LogP contribution in [-0.2, 0) is 0 Å². The minimum absolute atomic E-state index is 0.0268. The molecule has 6 nitrogen and oxygen atoms in total. The van der Waals surface area contributed by atoms with Crippen molar-refractivity contribution in [1.82, 2.24) is 4.98 Å². The third-order valence-corrected chi connectivity index (χ3v) is 5.65. The molecule has 4 aromatic rings. The molecular weight excluding hydrogens is 378 g/mol. The fourth-order valence-electron chi connectivity index (χ4n) is 4.45. The molecule has 0 aliphatic carbocycles. The maximum Gasteiger partial charge on any atom is 0.270 e. The molecule has 3 aromatic carbocycles. The number of rotatable bonds is 3. The van der Waals surface area contributed by atoms with Crippen molar-refractivity contribution in [2.45, 2.75) is 19.9 Å². The number of amides is 1. The van der Waals surface area contributed by atoms with Crippen LogP contribution in [0, 0.1) is 24.0 Å². The van der Waals surface area contributed by atoms with Crippen LogP contribution in [0.2, 0.25) is 0 Å². The van der Waals surface area contributed by atoms with E-state index in [0.29, 0.717) is 5.56 Å². The zero-order chi connectivity index (χ0) is 21.0. The zero-order valence-electron chi connectivity index (χ0n) is 16.5. The van der Waals surface area contributed by atoms with E-state index in [0.717, 1.165) is 38.8 Å². The Hall–Kier alpha value is -3.93. The first-order chi connectivity index (χ1) is 14.4. The summed E-state index contributed by atoms with van der Waals surface area (Å²) in [5, 5.41) is 12.1. The van der Waals surface area contributed by atoms with E-state index in [1.165, 1.54) is 6.07 Å². The number of carbonyl (C=O) groups is 1. The Kier molecular flexibility index (Phi) is 3.96. The summed E-state index contributed by atoms with van der Waals surface area (Å²) in [5.74, 6) is -0.0691. The number of anilines is 1. The van der Waals surface area contributed by atoms with Crippen LogP contribution >= 0.6 is 0 Å². The number of nitro groups is 1. The van der Waals surface area contributed by atoms with Gasteiger partial charge in [0.05, 0.1) is 11.0 Å². The van der Waals surface area contributed by atoms with E-state index >= 15 is 0 Å². The Labute approximate surface area is 172 Å². The van der Waals surface area contributed by atoms with E-state index in [9.17, 15) is 14.9 Å². The number of nitrogens with one attached hydrogen (secondary N) is 1. The summed E-state index contributed by atoms with van der Waals surface area (Å²) in [6, 6.07) is 18.0. The number of fused-ring (bicyclic) bond motifs is 2. The van der Waals surface area contributed by atoms with Crippen molar-refractivity contribution in [3.05, 3.63) is 105 Å². The van der Waals surface area contributed by atoms with Crippen molar-refractivity contribution in [3.63, 3.8) is 0 Å². The van der Waals surface area contributed by atoms with E-state index in [1.54, 1.807) is 17.0 Å². The topological polar surface area (TPSA) is 79.2 Å². The van der Waals surface area contributed by atoms with Crippen molar-refractivity contribution in [3.8, 4) is 0 Å². The summed E-state index contributed by atoms with van der Waals surface area (Å²) in [6.07, 6.45) is 1.85. The molecule has 1 N–H and O–H groups in total. The summed E-state index contributed by atoms with van der Waals surface area (Å²) in [6.45, 7) is 4.02. The molecule has 0 fully saturated rings. The Morgan fingerprint density at radius 2 is 1.70 bits per heavy atom. The molecule has 0 radical (unpaired) electrons. The summed E-state index contributed by atoms with van der Waals surface area (Å²) >= 11 is 0. The molecule has 0 saturated heterocycles. The number of hydrogen-bond donors (Lipinski definition) is 1. The molecule has 148 valence electrons. The average Bonchev–Trinajstić information content (AvgIpc) is 3.25. The zero-order valence-corrected chi connectivity index (χ0v) is 16.5. The number of carbonyl (C=O) groups excluding carboxylic acids is 1. The van der Waals surface area contributed by atoms with Crippen molar-refractivity contribution in [2.24, 2.45) is 0 Å². The van der Waals surface area contributed by atoms with Gasteiger partial charge in [-0.2, -0.15) is 0 Å². The fraction of sp³-hybridized carbons (Fsp3) is 0.125.